The second kappa shape index (κ2) is 5.41. The molecule has 1 fully saturated rings. The van der Waals surface area contributed by atoms with Crippen LogP contribution in [0.5, 0.6) is 0 Å². The quantitative estimate of drug-likeness (QED) is 0.891. The number of benzene rings is 1. The van der Waals surface area contributed by atoms with Gasteiger partial charge in [0.15, 0.2) is 0 Å². The zero-order chi connectivity index (χ0) is 14.0. The zero-order valence-electron chi connectivity index (χ0n) is 11.4. The fourth-order valence-electron chi connectivity index (χ4n) is 2.85. The molecule has 3 nitrogen and oxygen atoms in total. The molecule has 1 aliphatic carbocycles. The summed E-state index contributed by atoms with van der Waals surface area (Å²) >= 11 is 5.98. The van der Waals surface area contributed by atoms with Crippen molar-refractivity contribution in [2.45, 2.75) is 38.6 Å². The largest absolute Gasteiger partial charge is 0.371 e. The highest BCUT2D eigenvalue weighted by Gasteiger charge is 2.42. The topological polar surface area (TPSA) is 55.1 Å². The molecule has 0 bridgehead atoms. The fourth-order valence-corrected chi connectivity index (χ4v) is 3.04. The smallest absolute Gasteiger partial charge is 0.243 e. The van der Waals surface area contributed by atoms with Gasteiger partial charge in [0.25, 0.3) is 0 Å². The third kappa shape index (κ3) is 3.03. The number of carbonyl (C=O) groups excluding carboxylic acids is 1. The summed E-state index contributed by atoms with van der Waals surface area (Å²) in [6.07, 6.45) is 2.56. The first-order chi connectivity index (χ1) is 8.93. The van der Waals surface area contributed by atoms with Gasteiger partial charge in [-0.15, -0.1) is 0 Å². The Balaban J connectivity index is 2.23. The van der Waals surface area contributed by atoms with Gasteiger partial charge in [-0.3, -0.25) is 4.79 Å². The van der Waals surface area contributed by atoms with E-state index in [2.05, 4.69) is 19.2 Å². The number of hydrogen-bond acceptors (Lipinski definition) is 2. The second-order valence-electron chi connectivity index (χ2n) is 5.78. The van der Waals surface area contributed by atoms with E-state index in [0.717, 1.165) is 24.9 Å². The maximum Gasteiger partial charge on any atom is 0.243 e. The van der Waals surface area contributed by atoms with Crippen LogP contribution in [0.4, 0.5) is 5.69 Å². The Bertz CT molecular complexity index is 477. The van der Waals surface area contributed by atoms with Crippen molar-refractivity contribution in [1.82, 2.24) is 0 Å². The van der Waals surface area contributed by atoms with Gasteiger partial charge < -0.3 is 11.1 Å². The molecule has 1 saturated carbocycles. The maximum atomic E-state index is 11.9. The third-order valence-electron chi connectivity index (χ3n) is 4.35. The molecule has 19 heavy (non-hydrogen) atoms. The number of nitrogens with two attached hydrogens (primary N) is 1. The van der Waals surface area contributed by atoms with E-state index in [4.69, 9.17) is 17.3 Å². The highest BCUT2D eigenvalue weighted by molar-refractivity contribution is 6.30. The minimum Gasteiger partial charge on any atom is -0.371 e. The zero-order valence-corrected chi connectivity index (χ0v) is 12.2. The van der Waals surface area contributed by atoms with Crippen LogP contribution in [0.1, 0.15) is 33.1 Å². The molecule has 3 unspecified atom stereocenters. The normalized spacial score (nSPS) is 30.9. The lowest BCUT2D eigenvalue weighted by atomic mass is 9.70. The molecule has 1 aliphatic rings. The Kier molecular flexibility index (Phi) is 4.04. The summed E-state index contributed by atoms with van der Waals surface area (Å²) in [6.45, 7) is 4.41. The van der Waals surface area contributed by atoms with E-state index in [1.54, 1.807) is 0 Å². The van der Waals surface area contributed by atoms with Crippen molar-refractivity contribution in [2.75, 3.05) is 5.32 Å². The van der Waals surface area contributed by atoms with Crippen LogP contribution in [0, 0.1) is 11.8 Å². The number of anilines is 1. The molecule has 0 heterocycles. The van der Waals surface area contributed by atoms with Crippen LogP contribution in [0.15, 0.2) is 24.3 Å². The highest BCUT2D eigenvalue weighted by Crippen LogP contribution is 2.38. The maximum absolute atomic E-state index is 11.9. The molecular weight excluding hydrogens is 260 g/mol. The van der Waals surface area contributed by atoms with Crippen molar-refractivity contribution in [3.8, 4) is 0 Å². The SMILES string of the molecule is CC1CCC(Nc2cccc(Cl)c2)(C(N)=O)CC1C. The molecule has 0 aliphatic heterocycles. The molecule has 0 saturated heterocycles. The summed E-state index contributed by atoms with van der Waals surface area (Å²) < 4.78 is 0. The Labute approximate surface area is 119 Å². The molecule has 104 valence electrons. The lowest BCUT2D eigenvalue weighted by Crippen LogP contribution is -2.54. The summed E-state index contributed by atoms with van der Waals surface area (Å²) in [4.78, 5) is 11.9. The van der Waals surface area contributed by atoms with Crippen molar-refractivity contribution < 1.29 is 4.79 Å². The number of nitrogens with one attached hydrogen (secondary N) is 1. The van der Waals surface area contributed by atoms with Gasteiger partial charge in [0.05, 0.1) is 0 Å². The van der Waals surface area contributed by atoms with Crippen LogP contribution in [0.3, 0.4) is 0 Å². The van der Waals surface area contributed by atoms with Gasteiger partial charge in [-0.1, -0.05) is 31.5 Å². The van der Waals surface area contributed by atoms with Crippen LogP contribution in [0.25, 0.3) is 0 Å². The molecule has 3 atom stereocenters. The van der Waals surface area contributed by atoms with Crippen LogP contribution >= 0.6 is 11.6 Å². The number of halogens is 1. The first-order valence-electron chi connectivity index (χ1n) is 6.76. The first kappa shape index (κ1) is 14.2. The summed E-state index contributed by atoms with van der Waals surface area (Å²) in [5.41, 5.74) is 5.87. The molecule has 2 rings (SSSR count). The number of carbonyl (C=O) groups is 1. The lowest BCUT2D eigenvalue weighted by Gasteiger charge is -2.41. The molecule has 4 heteroatoms. The number of rotatable bonds is 3. The van der Waals surface area contributed by atoms with Crippen LogP contribution in [0.2, 0.25) is 5.02 Å². The summed E-state index contributed by atoms with van der Waals surface area (Å²) in [6, 6.07) is 7.43. The Morgan fingerprint density at radius 1 is 1.42 bits per heavy atom. The molecule has 0 radical (unpaired) electrons. The monoisotopic (exact) mass is 280 g/mol. The minimum absolute atomic E-state index is 0.272. The lowest BCUT2D eigenvalue weighted by molar-refractivity contribution is -0.124. The van der Waals surface area contributed by atoms with Crippen molar-refractivity contribution in [1.29, 1.82) is 0 Å². The molecular formula is C15H21ClN2O. The van der Waals surface area contributed by atoms with E-state index in [1.165, 1.54) is 0 Å². The van der Waals surface area contributed by atoms with E-state index in [0.29, 0.717) is 16.9 Å². The molecule has 3 N–H and O–H groups in total. The summed E-state index contributed by atoms with van der Waals surface area (Å²) in [5.74, 6) is 0.841. The summed E-state index contributed by atoms with van der Waals surface area (Å²) in [7, 11) is 0. The Hall–Kier alpha value is -1.22. The predicted octanol–water partition coefficient (Wildman–Crippen LogP) is 3.43. The fraction of sp³-hybridized carbons (Fsp3) is 0.533. The van der Waals surface area contributed by atoms with Gasteiger partial charge in [0.1, 0.15) is 5.54 Å². The van der Waals surface area contributed by atoms with Gasteiger partial charge in [-0.05, 0) is 49.3 Å². The minimum atomic E-state index is -0.642. The highest BCUT2D eigenvalue weighted by atomic mass is 35.5. The van der Waals surface area contributed by atoms with E-state index < -0.39 is 5.54 Å². The molecule has 0 spiro atoms. The number of primary amides is 1. The van der Waals surface area contributed by atoms with E-state index >= 15 is 0 Å². The van der Waals surface area contributed by atoms with Gasteiger partial charge in [0, 0.05) is 10.7 Å². The Morgan fingerprint density at radius 3 is 2.74 bits per heavy atom. The first-order valence-corrected chi connectivity index (χ1v) is 7.14. The molecule has 1 amide bonds. The van der Waals surface area contributed by atoms with E-state index in [9.17, 15) is 4.79 Å². The van der Waals surface area contributed by atoms with E-state index in [-0.39, 0.29) is 5.91 Å². The number of amides is 1. The molecule has 1 aromatic carbocycles. The van der Waals surface area contributed by atoms with Gasteiger partial charge in [-0.2, -0.15) is 0 Å². The van der Waals surface area contributed by atoms with Gasteiger partial charge >= 0.3 is 0 Å². The van der Waals surface area contributed by atoms with E-state index in [1.807, 2.05) is 24.3 Å². The molecule has 0 aromatic heterocycles. The van der Waals surface area contributed by atoms with Crippen molar-refractivity contribution in [2.24, 2.45) is 17.6 Å². The Morgan fingerprint density at radius 2 is 2.16 bits per heavy atom. The second-order valence-corrected chi connectivity index (χ2v) is 6.22. The summed E-state index contributed by atoms with van der Waals surface area (Å²) in [5, 5.41) is 3.98. The van der Waals surface area contributed by atoms with Crippen molar-refractivity contribution in [3.05, 3.63) is 29.3 Å². The average molecular weight is 281 g/mol. The molecule has 1 aromatic rings. The van der Waals surface area contributed by atoms with Crippen LogP contribution < -0.4 is 11.1 Å². The van der Waals surface area contributed by atoms with Gasteiger partial charge in [-0.25, -0.2) is 0 Å². The van der Waals surface area contributed by atoms with Crippen LogP contribution in [-0.4, -0.2) is 11.4 Å². The van der Waals surface area contributed by atoms with Crippen molar-refractivity contribution >= 4 is 23.2 Å². The van der Waals surface area contributed by atoms with Gasteiger partial charge in [0.2, 0.25) is 5.91 Å². The van der Waals surface area contributed by atoms with Crippen LogP contribution in [-0.2, 0) is 4.79 Å². The standard InChI is InChI=1S/C15H21ClN2O/c1-10-6-7-15(14(17)19,9-11(10)2)18-13-5-3-4-12(16)8-13/h3-5,8,10-11,18H,6-7,9H2,1-2H3,(H2,17,19). The third-order valence-corrected chi connectivity index (χ3v) is 4.58. The predicted molar refractivity (Wildman–Crippen MR) is 79.2 cm³/mol. The average Bonchev–Trinajstić information content (AvgIpc) is 2.34. The van der Waals surface area contributed by atoms with Crippen molar-refractivity contribution in [3.63, 3.8) is 0 Å². The number of hydrogen-bond donors (Lipinski definition) is 2.